The predicted molar refractivity (Wildman–Crippen MR) is 85.5 cm³/mol. The molecule has 0 unspecified atom stereocenters. The van der Waals surface area contributed by atoms with Gasteiger partial charge in [-0.3, -0.25) is 4.79 Å². The third kappa shape index (κ3) is 5.29. The molecule has 0 radical (unpaired) electrons. The molecule has 0 heterocycles. The van der Waals surface area contributed by atoms with Gasteiger partial charge in [0.15, 0.2) is 9.84 Å². The number of hydrogen-bond acceptors (Lipinski definition) is 5. The number of hydrogen-bond donors (Lipinski definition) is 2. The summed E-state index contributed by atoms with van der Waals surface area (Å²) < 4.78 is 50.2. The maximum absolute atomic E-state index is 12.5. The molecule has 1 atom stereocenters. The van der Waals surface area contributed by atoms with Crippen LogP contribution < -0.4 is 4.72 Å². The second-order valence-corrected chi connectivity index (χ2v) is 9.54. The van der Waals surface area contributed by atoms with Crippen LogP contribution in [-0.4, -0.2) is 40.2 Å². The Balaban J connectivity index is 3.30. The average molecular weight is 363 g/mol. The SMILES string of the molecule is Cc1ccc(S(C)(=O)=O)cc1S(=O)(=O)N[C@H](CC(C)C)C(=O)O. The first-order valence-electron chi connectivity index (χ1n) is 6.90. The Kier molecular flexibility index (Phi) is 5.95. The largest absolute Gasteiger partial charge is 0.480 e. The third-order valence-electron chi connectivity index (χ3n) is 3.18. The Morgan fingerprint density at radius 1 is 1.22 bits per heavy atom. The van der Waals surface area contributed by atoms with Crippen LogP contribution in [0.15, 0.2) is 28.0 Å². The lowest BCUT2D eigenvalue weighted by atomic mass is 10.1. The molecule has 0 aliphatic rings. The van der Waals surface area contributed by atoms with Crippen LogP contribution in [0.4, 0.5) is 0 Å². The second-order valence-electron chi connectivity index (χ2n) is 5.84. The molecule has 0 aliphatic heterocycles. The van der Waals surface area contributed by atoms with E-state index in [0.717, 1.165) is 12.3 Å². The highest BCUT2D eigenvalue weighted by atomic mass is 32.2. The summed E-state index contributed by atoms with van der Waals surface area (Å²) in [6.07, 6.45) is 1.10. The van der Waals surface area contributed by atoms with Gasteiger partial charge >= 0.3 is 5.97 Å². The summed E-state index contributed by atoms with van der Waals surface area (Å²) in [7, 11) is -7.73. The van der Waals surface area contributed by atoms with Crippen LogP contribution in [0.25, 0.3) is 0 Å². The van der Waals surface area contributed by atoms with E-state index < -0.39 is 31.9 Å². The number of sulfonamides is 1. The lowest BCUT2D eigenvalue weighted by Crippen LogP contribution is -2.41. The molecule has 0 spiro atoms. The van der Waals surface area contributed by atoms with Gasteiger partial charge in [-0.2, -0.15) is 4.72 Å². The normalized spacial score (nSPS) is 14.0. The molecule has 0 saturated heterocycles. The van der Waals surface area contributed by atoms with Crippen molar-refractivity contribution in [2.24, 2.45) is 5.92 Å². The number of rotatable bonds is 7. The molecule has 1 rings (SSSR count). The van der Waals surface area contributed by atoms with Crippen molar-refractivity contribution in [3.63, 3.8) is 0 Å². The van der Waals surface area contributed by atoms with Crippen molar-refractivity contribution in [2.75, 3.05) is 6.26 Å². The molecular weight excluding hydrogens is 342 g/mol. The highest BCUT2D eigenvalue weighted by Gasteiger charge is 2.27. The first kappa shape index (κ1) is 19.6. The summed E-state index contributed by atoms with van der Waals surface area (Å²) in [6, 6.07) is 2.46. The van der Waals surface area contributed by atoms with E-state index in [1.165, 1.54) is 19.1 Å². The maximum atomic E-state index is 12.5. The fourth-order valence-electron chi connectivity index (χ4n) is 2.02. The lowest BCUT2D eigenvalue weighted by molar-refractivity contribution is -0.139. The van der Waals surface area contributed by atoms with E-state index in [-0.39, 0.29) is 22.1 Å². The van der Waals surface area contributed by atoms with Crippen LogP contribution in [0, 0.1) is 12.8 Å². The lowest BCUT2D eigenvalue weighted by Gasteiger charge is -2.17. The molecule has 1 aromatic rings. The average Bonchev–Trinajstić information content (AvgIpc) is 2.35. The van der Waals surface area contributed by atoms with E-state index >= 15 is 0 Å². The molecule has 2 N–H and O–H groups in total. The third-order valence-corrected chi connectivity index (χ3v) is 5.90. The standard InChI is InChI=1S/C14H21NO6S2/c1-9(2)7-12(14(16)17)15-23(20,21)13-8-11(22(4,18)19)6-5-10(13)3/h5-6,8-9,12,15H,7H2,1-4H3,(H,16,17)/t12-/m1/s1. The monoisotopic (exact) mass is 363 g/mol. The number of sulfone groups is 1. The first-order valence-corrected chi connectivity index (χ1v) is 10.3. The van der Waals surface area contributed by atoms with Crippen molar-refractivity contribution >= 4 is 25.8 Å². The van der Waals surface area contributed by atoms with Gasteiger partial charge in [0.1, 0.15) is 6.04 Å². The molecule has 1 aromatic carbocycles. The molecule has 0 amide bonds. The van der Waals surface area contributed by atoms with Gasteiger partial charge in [-0.1, -0.05) is 19.9 Å². The summed E-state index contributed by atoms with van der Waals surface area (Å²) >= 11 is 0. The van der Waals surface area contributed by atoms with Crippen LogP contribution in [0.2, 0.25) is 0 Å². The number of nitrogens with one attached hydrogen (secondary N) is 1. The molecule has 0 saturated carbocycles. The highest BCUT2D eigenvalue weighted by Crippen LogP contribution is 2.21. The van der Waals surface area contributed by atoms with Gasteiger partial charge in [-0.05, 0) is 37.0 Å². The summed E-state index contributed by atoms with van der Waals surface area (Å²) in [4.78, 5) is 10.9. The minimum Gasteiger partial charge on any atom is -0.480 e. The number of carbonyl (C=O) groups is 1. The van der Waals surface area contributed by atoms with E-state index in [1.54, 1.807) is 13.8 Å². The maximum Gasteiger partial charge on any atom is 0.321 e. The molecule has 23 heavy (non-hydrogen) atoms. The Morgan fingerprint density at radius 2 is 1.78 bits per heavy atom. The van der Waals surface area contributed by atoms with Gasteiger partial charge in [0.05, 0.1) is 9.79 Å². The molecule has 130 valence electrons. The molecule has 0 aromatic heterocycles. The van der Waals surface area contributed by atoms with Crippen molar-refractivity contribution in [3.8, 4) is 0 Å². The zero-order valence-corrected chi connectivity index (χ0v) is 15.0. The number of aryl methyl sites for hydroxylation is 1. The van der Waals surface area contributed by atoms with Crippen molar-refractivity contribution in [2.45, 2.75) is 43.0 Å². The summed E-state index contributed by atoms with van der Waals surface area (Å²) in [5, 5.41) is 9.16. The van der Waals surface area contributed by atoms with Crippen molar-refractivity contribution in [3.05, 3.63) is 23.8 Å². The van der Waals surface area contributed by atoms with Gasteiger partial charge < -0.3 is 5.11 Å². The summed E-state index contributed by atoms with van der Waals surface area (Å²) in [5.41, 5.74) is 0.332. The molecule has 0 aliphatic carbocycles. The minimum atomic E-state index is -4.16. The number of aliphatic carboxylic acids is 1. The quantitative estimate of drug-likeness (QED) is 0.751. The van der Waals surface area contributed by atoms with Gasteiger partial charge in [0, 0.05) is 6.26 Å². The highest BCUT2D eigenvalue weighted by molar-refractivity contribution is 7.91. The van der Waals surface area contributed by atoms with E-state index in [4.69, 9.17) is 5.11 Å². The molecule has 9 heteroatoms. The van der Waals surface area contributed by atoms with Crippen molar-refractivity contribution in [1.82, 2.24) is 4.72 Å². The van der Waals surface area contributed by atoms with Gasteiger partial charge in [-0.15, -0.1) is 0 Å². The van der Waals surface area contributed by atoms with Crippen LogP contribution in [0.3, 0.4) is 0 Å². The van der Waals surface area contributed by atoms with Gasteiger partial charge in [0.25, 0.3) is 0 Å². The number of carboxylic acids is 1. The fraction of sp³-hybridized carbons (Fsp3) is 0.500. The Labute approximate surface area is 136 Å². The van der Waals surface area contributed by atoms with E-state index in [2.05, 4.69) is 4.72 Å². The minimum absolute atomic E-state index is 0.0257. The Hall–Kier alpha value is -1.45. The van der Waals surface area contributed by atoms with E-state index in [9.17, 15) is 21.6 Å². The van der Waals surface area contributed by atoms with Crippen molar-refractivity contribution in [1.29, 1.82) is 0 Å². The van der Waals surface area contributed by atoms with Crippen LogP contribution in [0.5, 0.6) is 0 Å². The van der Waals surface area contributed by atoms with Crippen LogP contribution in [-0.2, 0) is 24.7 Å². The van der Waals surface area contributed by atoms with E-state index in [0.29, 0.717) is 5.56 Å². The van der Waals surface area contributed by atoms with Crippen molar-refractivity contribution < 1.29 is 26.7 Å². The Morgan fingerprint density at radius 3 is 2.22 bits per heavy atom. The van der Waals surface area contributed by atoms with Gasteiger partial charge in [-0.25, -0.2) is 16.8 Å². The molecular formula is C14H21NO6S2. The fourth-order valence-corrected chi connectivity index (χ4v) is 4.22. The molecule has 0 bridgehead atoms. The molecule has 0 fully saturated rings. The Bertz CT molecular complexity index is 797. The number of carboxylic acid groups (broad SMARTS) is 1. The van der Waals surface area contributed by atoms with Gasteiger partial charge in [0.2, 0.25) is 10.0 Å². The zero-order chi connectivity index (χ0) is 18.0. The second kappa shape index (κ2) is 6.98. The summed E-state index contributed by atoms with van der Waals surface area (Å²) in [5.74, 6) is -1.30. The van der Waals surface area contributed by atoms with E-state index in [1.807, 2.05) is 0 Å². The summed E-state index contributed by atoms with van der Waals surface area (Å²) in [6.45, 7) is 5.07. The van der Waals surface area contributed by atoms with Crippen LogP contribution >= 0.6 is 0 Å². The zero-order valence-electron chi connectivity index (χ0n) is 13.4. The topological polar surface area (TPSA) is 118 Å². The van der Waals surface area contributed by atoms with Crippen LogP contribution in [0.1, 0.15) is 25.8 Å². The smallest absolute Gasteiger partial charge is 0.321 e. The predicted octanol–water partition coefficient (Wildman–Crippen LogP) is 1.18. The number of benzene rings is 1. The first-order chi connectivity index (χ1) is 10.3. The molecule has 7 nitrogen and oxygen atoms in total.